The van der Waals surface area contributed by atoms with Crippen LogP contribution in [0.25, 0.3) is 0 Å². The summed E-state index contributed by atoms with van der Waals surface area (Å²) in [6.45, 7) is 3.65. The first-order chi connectivity index (χ1) is 8.73. The monoisotopic (exact) mass is 295 g/mol. The van der Waals surface area contributed by atoms with Crippen LogP contribution in [0.2, 0.25) is 10.0 Å². The van der Waals surface area contributed by atoms with E-state index in [0.717, 1.165) is 4.81 Å². The van der Waals surface area contributed by atoms with E-state index < -0.39 is 5.54 Å². The van der Waals surface area contributed by atoms with E-state index in [1.54, 1.807) is 12.1 Å². The van der Waals surface area contributed by atoms with Gasteiger partial charge in [0.2, 0.25) is 13.9 Å². The Kier molecular flexibility index (Phi) is 3.45. The summed E-state index contributed by atoms with van der Waals surface area (Å²) in [5.74, 6) is -0.272. The Bertz CT molecular complexity index is 587. The van der Waals surface area contributed by atoms with E-state index in [9.17, 15) is 4.79 Å². The number of amides is 1. The first-order valence-electron chi connectivity index (χ1n) is 5.56. The lowest BCUT2D eigenvalue weighted by molar-refractivity contribution is -0.122. The van der Waals surface area contributed by atoms with E-state index in [1.807, 2.05) is 13.8 Å². The molecule has 0 unspecified atom stereocenters. The summed E-state index contributed by atoms with van der Waals surface area (Å²) in [4.78, 5) is 12.8. The Morgan fingerprint density at radius 2 is 1.89 bits per heavy atom. The number of nitrogen functional groups attached to an aromatic ring is 1. The first-order valence-corrected chi connectivity index (χ1v) is 6.31. The molecule has 4 nitrogen and oxygen atoms in total. The van der Waals surface area contributed by atoms with Gasteiger partial charge in [0.05, 0.1) is 27.0 Å². The number of benzene rings is 1. The quantitative estimate of drug-likeness (QED) is 0.651. The van der Waals surface area contributed by atoms with Gasteiger partial charge in [0.15, 0.2) is 0 Å². The molecule has 1 aliphatic rings. The summed E-state index contributed by atoms with van der Waals surface area (Å²) < 4.78 is 0. The van der Waals surface area contributed by atoms with Crippen molar-refractivity contribution in [3.05, 3.63) is 34.0 Å². The summed E-state index contributed by atoms with van der Waals surface area (Å²) in [5.41, 5.74) is 6.88. The van der Waals surface area contributed by atoms with Gasteiger partial charge in [0.25, 0.3) is 0 Å². The molecule has 1 amide bonds. The molecule has 1 aromatic rings. The number of nitrogens with two attached hydrogens (primary N) is 1. The molecule has 1 heterocycles. The van der Waals surface area contributed by atoms with E-state index in [1.165, 1.54) is 6.08 Å². The van der Waals surface area contributed by atoms with Crippen molar-refractivity contribution in [2.75, 3.05) is 11.1 Å². The zero-order valence-corrected chi connectivity index (χ0v) is 12.0. The Hall–Kier alpha value is -1.33. The van der Waals surface area contributed by atoms with Gasteiger partial charge in [-0.2, -0.15) is 0 Å². The lowest BCUT2D eigenvalue weighted by Crippen LogP contribution is -2.42. The molecular weight excluding hydrogens is 284 g/mol. The lowest BCUT2D eigenvalue weighted by Gasteiger charge is -2.32. The largest absolute Gasteiger partial charge is 0.397 e. The van der Waals surface area contributed by atoms with Gasteiger partial charge in [0.1, 0.15) is 0 Å². The third-order valence-electron chi connectivity index (χ3n) is 3.13. The fourth-order valence-electron chi connectivity index (χ4n) is 1.78. The SMILES string of the molecule is [B]N1C(=O)C=C(Nc2cc(Cl)c(Cl)cc2N)C1(C)C. The van der Waals surface area contributed by atoms with Crippen LogP contribution >= 0.6 is 23.2 Å². The van der Waals surface area contributed by atoms with Crippen LogP contribution in [0.15, 0.2) is 23.9 Å². The molecule has 0 aromatic heterocycles. The predicted octanol–water partition coefficient (Wildman–Crippen LogP) is 2.58. The topological polar surface area (TPSA) is 58.4 Å². The van der Waals surface area contributed by atoms with Crippen LogP contribution in [0, 0.1) is 0 Å². The van der Waals surface area contributed by atoms with Crippen molar-refractivity contribution in [1.29, 1.82) is 0 Å². The molecule has 2 radical (unpaired) electrons. The molecule has 0 fully saturated rings. The molecule has 98 valence electrons. The molecule has 0 saturated carbocycles. The average molecular weight is 296 g/mol. The standard InChI is InChI=1S/C12H12BCl2N3O/c1-12(2)10(5-11(19)18(12)13)17-9-4-7(15)6(14)3-8(9)16/h3-5,17H,16H2,1-2H3. The lowest BCUT2D eigenvalue weighted by atomic mass is 9.98. The Labute approximate surface area is 123 Å². The van der Waals surface area contributed by atoms with Crippen LogP contribution in [-0.2, 0) is 4.79 Å². The second-order valence-corrected chi connectivity index (χ2v) is 5.62. The van der Waals surface area contributed by atoms with Crippen molar-refractivity contribution in [3.63, 3.8) is 0 Å². The summed E-state index contributed by atoms with van der Waals surface area (Å²) in [6.07, 6.45) is 1.43. The van der Waals surface area contributed by atoms with Crippen LogP contribution in [0.5, 0.6) is 0 Å². The number of nitrogens with one attached hydrogen (secondary N) is 1. The summed E-state index contributed by atoms with van der Waals surface area (Å²) in [6, 6.07) is 3.16. The molecule has 0 spiro atoms. The number of carbonyl (C=O) groups excluding carboxylic acids is 1. The van der Waals surface area contributed by atoms with E-state index in [-0.39, 0.29) is 5.91 Å². The number of hydrogen-bond donors (Lipinski definition) is 2. The van der Waals surface area contributed by atoms with Gasteiger partial charge in [-0.1, -0.05) is 23.2 Å². The van der Waals surface area contributed by atoms with Gasteiger partial charge in [0, 0.05) is 11.8 Å². The second kappa shape index (κ2) is 4.65. The van der Waals surface area contributed by atoms with Gasteiger partial charge >= 0.3 is 0 Å². The first kappa shape index (κ1) is 14.1. The van der Waals surface area contributed by atoms with Crippen molar-refractivity contribution in [2.45, 2.75) is 19.4 Å². The van der Waals surface area contributed by atoms with Crippen molar-refractivity contribution >= 4 is 48.5 Å². The molecular formula is C12H12BCl2N3O. The van der Waals surface area contributed by atoms with Gasteiger partial charge in [-0.3, -0.25) is 4.79 Å². The van der Waals surface area contributed by atoms with Crippen molar-refractivity contribution in [1.82, 2.24) is 4.81 Å². The molecule has 3 N–H and O–H groups in total. The second-order valence-electron chi connectivity index (χ2n) is 4.80. The van der Waals surface area contributed by atoms with Crippen LogP contribution in [0.3, 0.4) is 0 Å². The van der Waals surface area contributed by atoms with E-state index in [4.69, 9.17) is 36.9 Å². The third kappa shape index (κ3) is 2.40. The molecule has 0 saturated heterocycles. The van der Waals surface area contributed by atoms with Crippen LogP contribution < -0.4 is 11.1 Å². The van der Waals surface area contributed by atoms with Crippen LogP contribution in [-0.4, -0.2) is 24.2 Å². The number of nitrogens with zero attached hydrogens (tertiary/aromatic N) is 1. The molecule has 0 bridgehead atoms. The zero-order valence-electron chi connectivity index (χ0n) is 10.5. The number of rotatable bonds is 2. The minimum Gasteiger partial charge on any atom is -0.397 e. The van der Waals surface area contributed by atoms with Crippen LogP contribution in [0.4, 0.5) is 11.4 Å². The van der Waals surface area contributed by atoms with E-state index >= 15 is 0 Å². The third-order valence-corrected chi connectivity index (χ3v) is 3.85. The minimum absolute atomic E-state index is 0.272. The summed E-state index contributed by atoms with van der Waals surface area (Å²) >= 11 is 11.8. The van der Waals surface area contributed by atoms with Crippen molar-refractivity contribution in [3.8, 4) is 0 Å². The fourth-order valence-corrected chi connectivity index (χ4v) is 2.12. The van der Waals surface area contributed by atoms with Gasteiger partial charge in [-0.05, 0) is 26.0 Å². The highest BCUT2D eigenvalue weighted by Crippen LogP contribution is 2.35. The number of anilines is 2. The normalized spacial score (nSPS) is 17.6. The highest BCUT2D eigenvalue weighted by Gasteiger charge is 2.36. The molecule has 0 atom stereocenters. The molecule has 19 heavy (non-hydrogen) atoms. The zero-order chi connectivity index (χ0) is 14.4. The van der Waals surface area contributed by atoms with E-state index in [0.29, 0.717) is 27.1 Å². The van der Waals surface area contributed by atoms with Crippen LogP contribution in [0.1, 0.15) is 13.8 Å². The van der Waals surface area contributed by atoms with Gasteiger partial charge in [-0.25, -0.2) is 0 Å². The molecule has 1 aromatic carbocycles. The molecule has 7 heteroatoms. The number of halogens is 2. The Morgan fingerprint density at radius 3 is 2.42 bits per heavy atom. The Morgan fingerprint density at radius 1 is 1.32 bits per heavy atom. The molecule has 1 aliphatic heterocycles. The summed E-state index contributed by atoms with van der Waals surface area (Å²) in [7, 11) is 5.71. The van der Waals surface area contributed by atoms with Gasteiger partial charge in [-0.15, -0.1) is 0 Å². The minimum atomic E-state index is -0.643. The fraction of sp³-hybridized carbons (Fsp3) is 0.250. The molecule has 2 rings (SSSR count). The van der Waals surface area contributed by atoms with Crippen molar-refractivity contribution in [2.24, 2.45) is 0 Å². The maximum atomic E-state index is 11.6. The van der Waals surface area contributed by atoms with Gasteiger partial charge < -0.3 is 15.9 Å². The van der Waals surface area contributed by atoms with E-state index in [2.05, 4.69) is 5.32 Å². The molecule has 0 aliphatic carbocycles. The maximum Gasteiger partial charge on any atom is 0.236 e. The number of carbonyl (C=O) groups is 1. The Balaban J connectivity index is 2.35. The highest BCUT2D eigenvalue weighted by atomic mass is 35.5. The van der Waals surface area contributed by atoms with Crippen molar-refractivity contribution < 1.29 is 4.79 Å². The smallest absolute Gasteiger partial charge is 0.236 e. The average Bonchev–Trinajstić information content (AvgIpc) is 2.50. The highest BCUT2D eigenvalue weighted by molar-refractivity contribution is 6.42. The maximum absolute atomic E-state index is 11.6. The predicted molar refractivity (Wildman–Crippen MR) is 79.3 cm³/mol. The number of hydrogen-bond acceptors (Lipinski definition) is 3. The summed E-state index contributed by atoms with van der Waals surface area (Å²) in [5, 5.41) is 3.83.